The number of piperazine rings is 1. The number of ether oxygens (including phenoxy) is 2. The Hall–Kier alpha value is -3.45. The quantitative estimate of drug-likeness (QED) is 0.445. The van der Waals surface area contributed by atoms with Crippen molar-refractivity contribution in [3.63, 3.8) is 0 Å². The van der Waals surface area contributed by atoms with Gasteiger partial charge in [-0.05, 0) is 29.7 Å². The first-order valence-corrected chi connectivity index (χ1v) is 12.9. The second-order valence-electron chi connectivity index (χ2n) is 9.60. The highest BCUT2D eigenvalue weighted by Crippen LogP contribution is 2.43. The van der Waals surface area contributed by atoms with Gasteiger partial charge in [0.25, 0.3) is 0 Å². The number of rotatable bonds is 6. The van der Waals surface area contributed by atoms with Crippen molar-refractivity contribution < 1.29 is 19.1 Å². The van der Waals surface area contributed by atoms with E-state index in [4.69, 9.17) is 21.1 Å². The van der Waals surface area contributed by atoms with Gasteiger partial charge in [0.1, 0.15) is 6.26 Å². The summed E-state index contributed by atoms with van der Waals surface area (Å²) >= 11 is 6.36. The topological polar surface area (TPSA) is 59.1 Å². The number of carbonyl (C=O) groups is 2. The fraction of sp³-hybridized carbons (Fsp3) is 0.267. The third-order valence-electron chi connectivity index (χ3n) is 7.64. The molecule has 3 aromatic carbocycles. The van der Waals surface area contributed by atoms with Crippen molar-refractivity contribution in [2.75, 3.05) is 33.0 Å². The van der Waals surface area contributed by atoms with Crippen LogP contribution in [0.5, 0.6) is 0 Å². The molecular weight excluding hydrogens is 488 g/mol. The lowest BCUT2D eigenvalue weighted by atomic mass is 9.82. The number of carbonyl (C=O) groups excluding carboxylic acids is 2. The van der Waals surface area contributed by atoms with Crippen LogP contribution in [-0.4, -0.2) is 60.4 Å². The van der Waals surface area contributed by atoms with E-state index >= 15 is 0 Å². The maximum Gasteiger partial charge on any atom is 0.229 e. The second kappa shape index (κ2) is 9.78. The molecule has 0 amide bonds. The SMILES string of the molecule is O=C1c2ccccc2C(=O)C1(c1cccc(Cl)c1)N1CCN(C(Cc2ccccc2)C2=COCO2)CC1. The van der Waals surface area contributed by atoms with Crippen LogP contribution in [0.15, 0.2) is 90.9 Å². The third-order valence-corrected chi connectivity index (χ3v) is 7.87. The number of benzene rings is 3. The summed E-state index contributed by atoms with van der Waals surface area (Å²) in [7, 11) is 0. The summed E-state index contributed by atoms with van der Waals surface area (Å²) in [6.45, 7) is 2.63. The Morgan fingerprint density at radius 1 is 0.838 bits per heavy atom. The molecule has 1 aliphatic carbocycles. The van der Waals surface area contributed by atoms with Crippen LogP contribution in [0, 0.1) is 0 Å². The molecule has 0 aromatic heterocycles. The average molecular weight is 515 g/mol. The monoisotopic (exact) mass is 514 g/mol. The Morgan fingerprint density at radius 3 is 2.14 bits per heavy atom. The van der Waals surface area contributed by atoms with Crippen molar-refractivity contribution in [2.45, 2.75) is 18.0 Å². The molecule has 1 fully saturated rings. The van der Waals surface area contributed by atoms with Gasteiger partial charge in [0.05, 0.1) is 6.04 Å². The summed E-state index contributed by atoms with van der Waals surface area (Å²) in [5.41, 5.74) is 1.35. The highest BCUT2D eigenvalue weighted by Gasteiger charge is 2.58. The second-order valence-corrected chi connectivity index (χ2v) is 10.0. The zero-order valence-electron chi connectivity index (χ0n) is 20.3. The van der Waals surface area contributed by atoms with Gasteiger partial charge in [-0.2, -0.15) is 0 Å². The van der Waals surface area contributed by atoms with Crippen molar-refractivity contribution in [1.82, 2.24) is 9.80 Å². The molecule has 37 heavy (non-hydrogen) atoms. The fourth-order valence-corrected chi connectivity index (χ4v) is 6.05. The van der Waals surface area contributed by atoms with Gasteiger partial charge in [-0.3, -0.25) is 19.4 Å². The minimum absolute atomic E-state index is 0.00125. The maximum atomic E-state index is 14.0. The van der Waals surface area contributed by atoms with Crippen molar-refractivity contribution in [3.8, 4) is 0 Å². The summed E-state index contributed by atoms with van der Waals surface area (Å²) in [5.74, 6) is 0.446. The lowest BCUT2D eigenvalue weighted by Crippen LogP contribution is -2.61. The molecule has 188 valence electrons. The Morgan fingerprint density at radius 2 is 1.51 bits per heavy atom. The van der Waals surface area contributed by atoms with E-state index < -0.39 is 5.54 Å². The molecule has 3 aromatic rings. The molecule has 0 spiro atoms. The highest BCUT2D eigenvalue weighted by molar-refractivity contribution is 6.34. The maximum absolute atomic E-state index is 14.0. The van der Waals surface area contributed by atoms with Crippen LogP contribution in [0.3, 0.4) is 0 Å². The Kier molecular flexibility index (Phi) is 6.32. The first-order valence-electron chi connectivity index (χ1n) is 12.5. The van der Waals surface area contributed by atoms with E-state index in [1.165, 1.54) is 5.56 Å². The summed E-state index contributed by atoms with van der Waals surface area (Å²) in [4.78, 5) is 32.5. The number of halogens is 1. The largest absolute Gasteiger partial charge is 0.462 e. The first kappa shape index (κ1) is 23.9. The van der Waals surface area contributed by atoms with Crippen LogP contribution >= 0.6 is 11.6 Å². The average Bonchev–Trinajstić information content (AvgIpc) is 3.55. The van der Waals surface area contributed by atoms with Crippen molar-refractivity contribution in [3.05, 3.63) is 118 Å². The van der Waals surface area contributed by atoms with Gasteiger partial charge in [0.2, 0.25) is 6.79 Å². The molecule has 7 heteroatoms. The van der Waals surface area contributed by atoms with Gasteiger partial charge in [0, 0.05) is 42.3 Å². The van der Waals surface area contributed by atoms with E-state index in [1.54, 1.807) is 36.6 Å². The van der Waals surface area contributed by atoms with Gasteiger partial charge in [-0.25, -0.2) is 0 Å². The molecule has 1 saturated heterocycles. The lowest BCUT2D eigenvalue weighted by Gasteiger charge is -2.45. The third kappa shape index (κ3) is 4.06. The summed E-state index contributed by atoms with van der Waals surface area (Å²) in [6.07, 6.45) is 2.48. The molecule has 2 aliphatic heterocycles. The number of nitrogens with zero attached hydrogens (tertiary/aromatic N) is 2. The smallest absolute Gasteiger partial charge is 0.229 e. The van der Waals surface area contributed by atoms with E-state index in [-0.39, 0.29) is 24.4 Å². The molecule has 3 aliphatic rings. The molecule has 0 radical (unpaired) electrons. The minimum Gasteiger partial charge on any atom is -0.462 e. The van der Waals surface area contributed by atoms with E-state index in [9.17, 15) is 9.59 Å². The molecule has 1 atom stereocenters. The number of hydrogen-bond donors (Lipinski definition) is 0. The van der Waals surface area contributed by atoms with E-state index in [0.29, 0.717) is 47.9 Å². The van der Waals surface area contributed by atoms with Crippen LogP contribution in [0.1, 0.15) is 31.8 Å². The summed E-state index contributed by atoms with van der Waals surface area (Å²) < 4.78 is 11.2. The van der Waals surface area contributed by atoms with Crippen LogP contribution < -0.4 is 0 Å². The molecule has 6 rings (SSSR count). The summed E-state index contributed by atoms with van der Waals surface area (Å²) in [5, 5.41) is 0.500. The number of fused-ring (bicyclic) bond motifs is 1. The van der Waals surface area contributed by atoms with E-state index in [2.05, 4.69) is 17.0 Å². The number of Topliss-reactive ketones (excluding diaryl/α,β-unsaturated/α-hetero) is 2. The van der Waals surface area contributed by atoms with Gasteiger partial charge < -0.3 is 9.47 Å². The molecule has 6 nitrogen and oxygen atoms in total. The Balaban J connectivity index is 1.32. The minimum atomic E-state index is -1.41. The first-order chi connectivity index (χ1) is 18.1. The van der Waals surface area contributed by atoms with Gasteiger partial charge >= 0.3 is 0 Å². The van der Waals surface area contributed by atoms with Gasteiger partial charge in [0.15, 0.2) is 22.9 Å². The highest BCUT2D eigenvalue weighted by atomic mass is 35.5. The molecule has 0 bridgehead atoms. The zero-order chi connectivity index (χ0) is 25.4. The standard InChI is InChI=1S/C30H27ClN2O4/c31-23-10-6-9-22(18-23)30(28(34)24-11-4-5-12-25(24)29(30)35)33-15-13-32(14-16-33)26(27-19-36-20-37-27)17-21-7-2-1-3-8-21/h1-12,18-19,26H,13-17,20H2. The predicted octanol–water partition coefficient (Wildman–Crippen LogP) is 4.69. The molecular formula is C30H27ClN2O4. The van der Waals surface area contributed by atoms with Gasteiger partial charge in [-0.15, -0.1) is 0 Å². The van der Waals surface area contributed by atoms with Crippen LogP contribution in [-0.2, 0) is 21.4 Å². The summed E-state index contributed by atoms with van der Waals surface area (Å²) in [6, 6.07) is 24.6. The van der Waals surface area contributed by atoms with E-state index in [1.807, 2.05) is 41.3 Å². The van der Waals surface area contributed by atoms with Crippen molar-refractivity contribution >= 4 is 23.2 Å². The molecule has 0 N–H and O–H groups in total. The lowest BCUT2D eigenvalue weighted by molar-refractivity contribution is 0.0137. The molecule has 0 saturated carbocycles. The van der Waals surface area contributed by atoms with Crippen LogP contribution in [0.2, 0.25) is 5.02 Å². The van der Waals surface area contributed by atoms with Gasteiger partial charge in [-0.1, -0.05) is 78.3 Å². The normalized spacial score (nSPS) is 20.2. The molecule has 2 heterocycles. The van der Waals surface area contributed by atoms with E-state index in [0.717, 1.165) is 12.2 Å². The Bertz CT molecular complexity index is 1330. The van der Waals surface area contributed by atoms with Crippen LogP contribution in [0.4, 0.5) is 0 Å². The fourth-order valence-electron chi connectivity index (χ4n) is 5.86. The number of ketones is 2. The zero-order valence-corrected chi connectivity index (χ0v) is 21.1. The molecule has 1 unspecified atom stereocenters. The van der Waals surface area contributed by atoms with Crippen molar-refractivity contribution in [2.24, 2.45) is 0 Å². The predicted molar refractivity (Wildman–Crippen MR) is 140 cm³/mol. The van der Waals surface area contributed by atoms with Crippen LogP contribution in [0.25, 0.3) is 0 Å². The number of hydrogen-bond acceptors (Lipinski definition) is 6. The Labute approximate surface area is 221 Å². The van der Waals surface area contributed by atoms with Crippen molar-refractivity contribution in [1.29, 1.82) is 0 Å².